The van der Waals surface area contributed by atoms with Gasteiger partial charge in [-0.2, -0.15) is 0 Å². The number of carbonyl (C=O) groups is 2. The number of Topliss-reactive ketones (excluding diaryl/α,β-unsaturated/α-hetero) is 1. The van der Waals surface area contributed by atoms with E-state index in [2.05, 4.69) is 6.07 Å². The fourth-order valence-corrected chi connectivity index (χ4v) is 2.06. The standard InChI is InChI=1S/C17H16O2/c1-13-4-2-5-14(10-13)8-9-17(19)16-7-3-6-15(11-16)12-18/h2-7,10-12H,8-9H2,1H3. The van der Waals surface area contributed by atoms with Crippen molar-refractivity contribution in [3.63, 3.8) is 0 Å². The molecule has 0 unspecified atom stereocenters. The van der Waals surface area contributed by atoms with Crippen molar-refractivity contribution >= 4 is 12.1 Å². The van der Waals surface area contributed by atoms with E-state index in [1.807, 2.05) is 25.1 Å². The molecule has 0 aliphatic carbocycles. The van der Waals surface area contributed by atoms with Crippen molar-refractivity contribution < 1.29 is 9.59 Å². The lowest BCUT2D eigenvalue weighted by atomic mass is 10.0. The summed E-state index contributed by atoms with van der Waals surface area (Å²) in [6.45, 7) is 2.04. The molecule has 0 saturated heterocycles. The van der Waals surface area contributed by atoms with Gasteiger partial charge in [-0.1, -0.05) is 48.0 Å². The van der Waals surface area contributed by atoms with E-state index in [4.69, 9.17) is 0 Å². The van der Waals surface area contributed by atoms with Crippen LogP contribution in [0, 0.1) is 6.92 Å². The van der Waals surface area contributed by atoms with Gasteiger partial charge in [0.25, 0.3) is 0 Å². The molecule has 0 aromatic heterocycles. The van der Waals surface area contributed by atoms with Crippen LogP contribution >= 0.6 is 0 Å². The molecule has 0 radical (unpaired) electrons. The minimum Gasteiger partial charge on any atom is -0.298 e. The zero-order chi connectivity index (χ0) is 13.7. The average Bonchev–Trinajstić information content (AvgIpc) is 2.45. The lowest BCUT2D eigenvalue weighted by molar-refractivity contribution is 0.0983. The Morgan fingerprint density at radius 3 is 2.63 bits per heavy atom. The number of benzene rings is 2. The molecule has 0 bridgehead atoms. The van der Waals surface area contributed by atoms with Gasteiger partial charge in [0.05, 0.1) is 0 Å². The van der Waals surface area contributed by atoms with Crippen molar-refractivity contribution in [3.8, 4) is 0 Å². The minimum absolute atomic E-state index is 0.0743. The average molecular weight is 252 g/mol. The first-order chi connectivity index (χ1) is 9.19. The van der Waals surface area contributed by atoms with E-state index in [-0.39, 0.29) is 5.78 Å². The number of hydrogen-bond acceptors (Lipinski definition) is 2. The SMILES string of the molecule is Cc1cccc(CCC(=O)c2cccc(C=O)c2)c1. The number of rotatable bonds is 5. The van der Waals surface area contributed by atoms with Crippen LogP contribution in [0.4, 0.5) is 0 Å². The van der Waals surface area contributed by atoms with E-state index >= 15 is 0 Å². The predicted molar refractivity (Wildman–Crippen MR) is 75.7 cm³/mol. The van der Waals surface area contributed by atoms with Crippen LogP contribution in [0.3, 0.4) is 0 Å². The highest BCUT2D eigenvalue weighted by Gasteiger charge is 2.06. The second-order valence-electron chi connectivity index (χ2n) is 4.66. The molecule has 0 N–H and O–H groups in total. The summed E-state index contributed by atoms with van der Waals surface area (Å²) in [6.07, 6.45) is 1.95. The molecular formula is C17H16O2. The van der Waals surface area contributed by atoms with Crippen molar-refractivity contribution in [2.45, 2.75) is 19.8 Å². The molecule has 0 aliphatic rings. The van der Waals surface area contributed by atoms with Crippen molar-refractivity contribution in [3.05, 3.63) is 70.8 Å². The molecule has 0 atom stereocenters. The Labute approximate surface area is 113 Å². The third-order valence-corrected chi connectivity index (χ3v) is 3.07. The maximum Gasteiger partial charge on any atom is 0.163 e. The fourth-order valence-electron chi connectivity index (χ4n) is 2.06. The number of carbonyl (C=O) groups excluding carboxylic acids is 2. The van der Waals surface area contributed by atoms with Crippen molar-refractivity contribution in [1.82, 2.24) is 0 Å². The van der Waals surface area contributed by atoms with E-state index in [9.17, 15) is 9.59 Å². The Kier molecular flexibility index (Phi) is 4.24. The zero-order valence-electron chi connectivity index (χ0n) is 10.9. The molecule has 2 aromatic carbocycles. The molecule has 0 fully saturated rings. The maximum absolute atomic E-state index is 12.1. The number of aldehydes is 1. The number of ketones is 1. The van der Waals surface area contributed by atoms with E-state index < -0.39 is 0 Å². The van der Waals surface area contributed by atoms with Gasteiger partial charge in [0.1, 0.15) is 6.29 Å². The summed E-state index contributed by atoms with van der Waals surface area (Å²) in [6, 6.07) is 15.0. The predicted octanol–water partition coefficient (Wildman–Crippen LogP) is 3.62. The Bertz CT molecular complexity index is 600. The third-order valence-electron chi connectivity index (χ3n) is 3.07. The van der Waals surface area contributed by atoms with Crippen LogP contribution in [-0.2, 0) is 6.42 Å². The third kappa shape index (κ3) is 3.62. The Hall–Kier alpha value is -2.22. The van der Waals surface area contributed by atoms with Gasteiger partial charge >= 0.3 is 0 Å². The first-order valence-corrected chi connectivity index (χ1v) is 6.33. The van der Waals surface area contributed by atoms with Gasteiger partial charge in [-0.05, 0) is 25.0 Å². The molecule has 0 amide bonds. The fraction of sp³-hybridized carbons (Fsp3) is 0.176. The van der Waals surface area contributed by atoms with E-state index in [0.29, 0.717) is 17.5 Å². The van der Waals surface area contributed by atoms with Gasteiger partial charge in [-0.3, -0.25) is 9.59 Å². The topological polar surface area (TPSA) is 34.1 Å². The van der Waals surface area contributed by atoms with Crippen LogP contribution < -0.4 is 0 Å². The van der Waals surface area contributed by atoms with Crippen LogP contribution in [0.2, 0.25) is 0 Å². The molecule has 0 aliphatic heterocycles. The monoisotopic (exact) mass is 252 g/mol. The molecule has 0 saturated carbocycles. The van der Waals surface area contributed by atoms with Crippen LogP contribution in [-0.4, -0.2) is 12.1 Å². The summed E-state index contributed by atoms with van der Waals surface area (Å²) in [7, 11) is 0. The quantitative estimate of drug-likeness (QED) is 0.601. The van der Waals surface area contributed by atoms with Crippen LogP contribution in [0.15, 0.2) is 48.5 Å². The van der Waals surface area contributed by atoms with E-state index in [1.54, 1.807) is 24.3 Å². The molecular weight excluding hydrogens is 236 g/mol. The summed E-state index contributed by atoms with van der Waals surface area (Å²) in [5, 5.41) is 0. The molecule has 2 heteroatoms. The zero-order valence-corrected chi connectivity index (χ0v) is 10.9. The largest absolute Gasteiger partial charge is 0.298 e. The smallest absolute Gasteiger partial charge is 0.163 e. The first kappa shape index (κ1) is 13.2. The Morgan fingerprint density at radius 2 is 1.89 bits per heavy atom. The highest BCUT2D eigenvalue weighted by Crippen LogP contribution is 2.11. The highest BCUT2D eigenvalue weighted by atomic mass is 16.1. The summed E-state index contributed by atoms with van der Waals surface area (Å²) in [4.78, 5) is 22.7. The second kappa shape index (κ2) is 6.10. The second-order valence-corrected chi connectivity index (χ2v) is 4.66. The number of hydrogen-bond donors (Lipinski definition) is 0. The molecule has 0 spiro atoms. The van der Waals surface area contributed by atoms with E-state index in [1.165, 1.54) is 11.1 Å². The highest BCUT2D eigenvalue weighted by molar-refractivity contribution is 5.97. The van der Waals surface area contributed by atoms with Crippen molar-refractivity contribution in [2.75, 3.05) is 0 Å². The lowest BCUT2D eigenvalue weighted by Gasteiger charge is -2.03. The van der Waals surface area contributed by atoms with Gasteiger partial charge in [0.15, 0.2) is 5.78 Å². The molecule has 2 rings (SSSR count). The van der Waals surface area contributed by atoms with Crippen LogP contribution in [0.1, 0.15) is 38.3 Å². The molecule has 2 nitrogen and oxygen atoms in total. The molecule has 96 valence electrons. The van der Waals surface area contributed by atoms with Gasteiger partial charge in [0, 0.05) is 17.5 Å². The summed E-state index contributed by atoms with van der Waals surface area (Å²) in [5.41, 5.74) is 3.52. The van der Waals surface area contributed by atoms with Gasteiger partial charge in [0.2, 0.25) is 0 Å². The summed E-state index contributed by atoms with van der Waals surface area (Å²) in [5.74, 6) is 0.0743. The van der Waals surface area contributed by atoms with Crippen LogP contribution in [0.5, 0.6) is 0 Å². The normalized spacial score (nSPS) is 10.2. The molecule has 2 aromatic rings. The Morgan fingerprint density at radius 1 is 1.11 bits per heavy atom. The van der Waals surface area contributed by atoms with Gasteiger partial charge in [-0.15, -0.1) is 0 Å². The number of aryl methyl sites for hydroxylation is 2. The van der Waals surface area contributed by atoms with Crippen molar-refractivity contribution in [2.24, 2.45) is 0 Å². The maximum atomic E-state index is 12.1. The Balaban J connectivity index is 2.03. The molecule has 0 heterocycles. The van der Waals surface area contributed by atoms with Crippen molar-refractivity contribution in [1.29, 1.82) is 0 Å². The lowest BCUT2D eigenvalue weighted by Crippen LogP contribution is -2.02. The van der Waals surface area contributed by atoms with E-state index in [0.717, 1.165) is 12.7 Å². The minimum atomic E-state index is 0.0743. The van der Waals surface area contributed by atoms with Crippen LogP contribution in [0.25, 0.3) is 0 Å². The first-order valence-electron chi connectivity index (χ1n) is 6.33. The summed E-state index contributed by atoms with van der Waals surface area (Å²) < 4.78 is 0. The summed E-state index contributed by atoms with van der Waals surface area (Å²) >= 11 is 0. The van der Waals surface area contributed by atoms with Gasteiger partial charge in [-0.25, -0.2) is 0 Å². The molecule has 19 heavy (non-hydrogen) atoms. The van der Waals surface area contributed by atoms with Gasteiger partial charge < -0.3 is 0 Å².